The molecule has 4 heteroatoms. The number of hydrogen-bond acceptors (Lipinski definition) is 4. The van der Waals surface area contributed by atoms with E-state index in [4.69, 9.17) is 10.5 Å². The smallest absolute Gasteiger partial charge is 0.131 e. The molecule has 2 N–H and O–H groups in total. The summed E-state index contributed by atoms with van der Waals surface area (Å²) in [7, 11) is 0. The fourth-order valence-corrected chi connectivity index (χ4v) is 1.98. The van der Waals surface area contributed by atoms with Gasteiger partial charge in [0.2, 0.25) is 0 Å². The van der Waals surface area contributed by atoms with Gasteiger partial charge in [-0.25, -0.2) is 4.98 Å². The monoisotopic (exact) mass is 207 g/mol. The fraction of sp³-hybridized carbons (Fsp3) is 0.545. The van der Waals surface area contributed by atoms with E-state index in [1.165, 1.54) is 0 Å². The van der Waals surface area contributed by atoms with Gasteiger partial charge in [0, 0.05) is 13.1 Å². The Kier molecular flexibility index (Phi) is 2.77. The molecule has 1 aliphatic heterocycles. The predicted molar refractivity (Wildman–Crippen MR) is 60.9 cm³/mol. The molecule has 2 heterocycles. The van der Waals surface area contributed by atoms with Crippen molar-refractivity contribution in [2.75, 3.05) is 23.7 Å². The molecular weight excluding hydrogens is 190 g/mol. The van der Waals surface area contributed by atoms with Crippen molar-refractivity contribution < 1.29 is 4.74 Å². The standard InChI is InChI=1S/C11H17N3O/c1-8-6-14(7-9(2)15-8)11-5-3-4-10(12)13-11/h3-5,8-9H,6-7H2,1-2H3,(H2,12,13)/t8-,9?/m1/s1. The van der Waals surface area contributed by atoms with Crippen LogP contribution in [0, 0.1) is 0 Å². The van der Waals surface area contributed by atoms with E-state index in [0.717, 1.165) is 18.9 Å². The molecule has 82 valence electrons. The Labute approximate surface area is 90.0 Å². The molecule has 1 aliphatic rings. The molecule has 0 spiro atoms. The Morgan fingerprint density at radius 3 is 2.60 bits per heavy atom. The molecule has 0 radical (unpaired) electrons. The number of nitrogen functional groups attached to an aromatic ring is 1. The van der Waals surface area contributed by atoms with Crippen LogP contribution in [-0.2, 0) is 4.74 Å². The topological polar surface area (TPSA) is 51.4 Å². The maximum absolute atomic E-state index is 5.67. The van der Waals surface area contributed by atoms with E-state index in [2.05, 4.69) is 23.7 Å². The lowest BCUT2D eigenvalue weighted by atomic mass is 10.2. The lowest BCUT2D eigenvalue weighted by molar-refractivity contribution is -0.00545. The van der Waals surface area contributed by atoms with Crippen molar-refractivity contribution in [2.24, 2.45) is 0 Å². The highest BCUT2D eigenvalue weighted by Gasteiger charge is 2.22. The molecule has 4 nitrogen and oxygen atoms in total. The van der Waals surface area contributed by atoms with Gasteiger partial charge in [-0.3, -0.25) is 0 Å². The first-order valence-electron chi connectivity index (χ1n) is 5.28. The van der Waals surface area contributed by atoms with Gasteiger partial charge in [-0.2, -0.15) is 0 Å². The number of ether oxygens (including phenoxy) is 1. The summed E-state index contributed by atoms with van der Waals surface area (Å²) in [6.07, 6.45) is 0.494. The summed E-state index contributed by atoms with van der Waals surface area (Å²) in [5, 5.41) is 0. The number of hydrogen-bond donors (Lipinski definition) is 1. The number of nitrogens with zero attached hydrogens (tertiary/aromatic N) is 2. The van der Waals surface area contributed by atoms with Gasteiger partial charge in [0.15, 0.2) is 0 Å². The number of aromatic nitrogens is 1. The minimum Gasteiger partial charge on any atom is -0.384 e. The Balaban J connectivity index is 2.16. The highest BCUT2D eigenvalue weighted by molar-refractivity contribution is 5.45. The largest absolute Gasteiger partial charge is 0.384 e. The van der Waals surface area contributed by atoms with Gasteiger partial charge in [-0.05, 0) is 26.0 Å². The summed E-state index contributed by atoms with van der Waals surface area (Å²) in [6, 6.07) is 5.72. The maximum Gasteiger partial charge on any atom is 0.131 e. The van der Waals surface area contributed by atoms with Crippen LogP contribution in [0.25, 0.3) is 0 Å². The number of rotatable bonds is 1. The molecule has 1 aromatic rings. The number of morpholine rings is 1. The summed E-state index contributed by atoms with van der Waals surface area (Å²) in [6.45, 7) is 5.91. The van der Waals surface area contributed by atoms with Gasteiger partial charge in [0.1, 0.15) is 11.6 Å². The van der Waals surface area contributed by atoms with Crippen LogP contribution in [0.15, 0.2) is 18.2 Å². The molecular formula is C11H17N3O. The lowest BCUT2D eigenvalue weighted by Gasteiger charge is -2.36. The molecule has 1 fully saturated rings. The Hall–Kier alpha value is -1.29. The fourth-order valence-electron chi connectivity index (χ4n) is 1.98. The minimum absolute atomic E-state index is 0.247. The first-order valence-corrected chi connectivity index (χ1v) is 5.28. The molecule has 1 unspecified atom stereocenters. The van der Waals surface area contributed by atoms with E-state index in [1.54, 1.807) is 6.07 Å². The summed E-state index contributed by atoms with van der Waals surface area (Å²) in [4.78, 5) is 6.53. The number of pyridine rings is 1. The van der Waals surface area contributed by atoms with E-state index in [-0.39, 0.29) is 12.2 Å². The van der Waals surface area contributed by atoms with Crippen LogP contribution in [0.2, 0.25) is 0 Å². The molecule has 0 aromatic carbocycles. The Morgan fingerprint density at radius 2 is 2.00 bits per heavy atom. The highest BCUT2D eigenvalue weighted by atomic mass is 16.5. The number of nitrogens with two attached hydrogens (primary N) is 1. The second-order valence-electron chi connectivity index (χ2n) is 4.08. The quantitative estimate of drug-likeness (QED) is 0.753. The van der Waals surface area contributed by atoms with E-state index in [1.807, 2.05) is 12.1 Å². The molecule has 2 atom stereocenters. The van der Waals surface area contributed by atoms with Gasteiger partial charge in [0.25, 0.3) is 0 Å². The molecule has 0 bridgehead atoms. The summed E-state index contributed by atoms with van der Waals surface area (Å²) in [5.41, 5.74) is 5.67. The van der Waals surface area contributed by atoms with E-state index in [9.17, 15) is 0 Å². The van der Waals surface area contributed by atoms with E-state index in [0.29, 0.717) is 5.82 Å². The van der Waals surface area contributed by atoms with Crippen LogP contribution in [0.4, 0.5) is 11.6 Å². The second-order valence-corrected chi connectivity index (χ2v) is 4.08. The average Bonchev–Trinajstić information content (AvgIpc) is 2.16. The molecule has 15 heavy (non-hydrogen) atoms. The van der Waals surface area contributed by atoms with Gasteiger partial charge in [0.05, 0.1) is 12.2 Å². The number of anilines is 2. The third kappa shape index (κ3) is 2.39. The zero-order valence-electron chi connectivity index (χ0n) is 9.18. The molecule has 1 saturated heterocycles. The van der Waals surface area contributed by atoms with Crippen molar-refractivity contribution in [1.82, 2.24) is 4.98 Å². The van der Waals surface area contributed by atoms with Crippen LogP contribution in [0.3, 0.4) is 0 Å². The zero-order valence-corrected chi connectivity index (χ0v) is 9.18. The van der Waals surface area contributed by atoms with Crippen molar-refractivity contribution in [2.45, 2.75) is 26.1 Å². The summed E-state index contributed by atoms with van der Waals surface area (Å²) < 4.78 is 5.67. The SMILES string of the molecule is CC1CN(c2cccc(N)n2)C[C@@H](C)O1. The first-order chi connectivity index (χ1) is 7.15. The highest BCUT2D eigenvalue weighted by Crippen LogP contribution is 2.18. The van der Waals surface area contributed by atoms with Crippen molar-refractivity contribution in [3.63, 3.8) is 0 Å². The van der Waals surface area contributed by atoms with Gasteiger partial charge >= 0.3 is 0 Å². The van der Waals surface area contributed by atoms with Crippen LogP contribution in [0.1, 0.15) is 13.8 Å². The molecule has 0 aliphatic carbocycles. The molecule has 1 aromatic heterocycles. The third-order valence-corrected chi connectivity index (χ3v) is 2.50. The normalized spacial score (nSPS) is 26.7. The van der Waals surface area contributed by atoms with Crippen molar-refractivity contribution in [1.29, 1.82) is 0 Å². The first kappa shape index (κ1) is 10.2. The summed E-state index contributed by atoms with van der Waals surface area (Å²) >= 11 is 0. The van der Waals surface area contributed by atoms with Gasteiger partial charge in [-0.15, -0.1) is 0 Å². The average molecular weight is 207 g/mol. The van der Waals surface area contributed by atoms with E-state index < -0.39 is 0 Å². The lowest BCUT2D eigenvalue weighted by Crippen LogP contribution is -2.45. The zero-order chi connectivity index (χ0) is 10.8. The van der Waals surface area contributed by atoms with E-state index >= 15 is 0 Å². The van der Waals surface area contributed by atoms with Crippen LogP contribution < -0.4 is 10.6 Å². The second kappa shape index (κ2) is 4.06. The van der Waals surface area contributed by atoms with Crippen molar-refractivity contribution in [3.8, 4) is 0 Å². The summed E-state index contributed by atoms with van der Waals surface area (Å²) in [5.74, 6) is 1.51. The van der Waals surface area contributed by atoms with Gasteiger partial charge < -0.3 is 15.4 Å². The Morgan fingerprint density at radius 1 is 1.33 bits per heavy atom. The van der Waals surface area contributed by atoms with Crippen molar-refractivity contribution >= 4 is 11.6 Å². The van der Waals surface area contributed by atoms with Crippen LogP contribution in [0.5, 0.6) is 0 Å². The molecule has 0 saturated carbocycles. The van der Waals surface area contributed by atoms with Crippen LogP contribution in [-0.4, -0.2) is 30.3 Å². The Bertz CT molecular complexity index is 332. The van der Waals surface area contributed by atoms with Crippen molar-refractivity contribution in [3.05, 3.63) is 18.2 Å². The molecule has 0 amide bonds. The predicted octanol–water partition coefficient (Wildman–Crippen LogP) is 1.28. The maximum atomic E-state index is 5.67. The van der Waals surface area contributed by atoms with Gasteiger partial charge in [-0.1, -0.05) is 6.07 Å². The van der Waals surface area contributed by atoms with Crippen LogP contribution >= 0.6 is 0 Å². The molecule has 2 rings (SSSR count). The minimum atomic E-state index is 0.247. The third-order valence-electron chi connectivity index (χ3n) is 2.50.